The summed E-state index contributed by atoms with van der Waals surface area (Å²) in [6, 6.07) is 10.6. The van der Waals surface area contributed by atoms with Crippen LogP contribution in [0.4, 0.5) is 23.7 Å². The number of halogens is 6. The number of carbonyl (C=O) groups is 3. The van der Waals surface area contributed by atoms with E-state index in [0.29, 0.717) is 43.9 Å². The Morgan fingerprint density at radius 3 is 2.41 bits per heavy atom. The Labute approximate surface area is 269 Å². The fourth-order valence-corrected chi connectivity index (χ4v) is 5.54. The van der Waals surface area contributed by atoms with Crippen molar-refractivity contribution in [3.8, 4) is 17.2 Å². The van der Waals surface area contributed by atoms with Crippen LogP contribution in [0.3, 0.4) is 0 Å². The van der Waals surface area contributed by atoms with E-state index in [-0.39, 0.29) is 46.1 Å². The van der Waals surface area contributed by atoms with Crippen molar-refractivity contribution in [2.24, 2.45) is 0 Å². The first-order valence-electron chi connectivity index (χ1n) is 12.6. The molecular formula is C29H22Cl3F3N2O6S. The number of nitrogens with zero attached hydrogens (tertiary/aromatic N) is 1. The minimum Gasteiger partial charge on any atom is -0.495 e. The van der Waals surface area contributed by atoms with Crippen LogP contribution in [-0.4, -0.2) is 42.2 Å². The number of alkyl halides is 3. The van der Waals surface area contributed by atoms with E-state index in [2.05, 4.69) is 5.32 Å². The summed E-state index contributed by atoms with van der Waals surface area (Å²) in [5.41, 5.74) is -0.228. The summed E-state index contributed by atoms with van der Waals surface area (Å²) in [6.45, 7) is 1.33. The van der Waals surface area contributed by atoms with Crippen molar-refractivity contribution >= 4 is 75.4 Å². The number of thioether (sulfide) groups is 1. The van der Waals surface area contributed by atoms with Crippen LogP contribution in [0.15, 0.2) is 53.4 Å². The molecule has 44 heavy (non-hydrogen) atoms. The Kier molecular flexibility index (Phi) is 10.6. The molecule has 0 spiro atoms. The summed E-state index contributed by atoms with van der Waals surface area (Å²) in [5.74, 6) is -1.23. The van der Waals surface area contributed by atoms with Crippen molar-refractivity contribution in [3.05, 3.63) is 85.2 Å². The Hall–Kier alpha value is -3.58. The van der Waals surface area contributed by atoms with Gasteiger partial charge in [0.15, 0.2) is 11.5 Å². The van der Waals surface area contributed by atoms with Gasteiger partial charge in [-0.05, 0) is 72.8 Å². The van der Waals surface area contributed by atoms with E-state index in [4.69, 9.17) is 49.0 Å². The molecule has 0 bridgehead atoms. The molecule has 1 N–H and O–H groups in total. The fraction of sp³-hybridized carbons (Fsp3) is 0.207. The zero-order chi connectivity index (χ0) is 32.2. The summed E-state index contributed by atoms with van der Waals surface area (Å²) in [4.78, 5) is 39.0. The molecule has 0 atom stereocenters. The Morgan fingerprint density at radius 2 is 1.75 bits per heavy atom. The van der Waals surface area contributed by atoms with Crippen molar-refractivity contribution in [3.63, 3.8) is 0 Å². The molecular weight excluding hydrogens is 668 g/mol. The molecule has 4 rings (SSSR count). The van der Waals surface area contributed by atoms with Crippen LogP contribution >= 0.6 is 46.6 Å². The number of amides is 3. The number of rotatable bonds is 10. The van der Waals surface area contributed by atoms with Crippen LogP contribution < -0.4 is 19.5 Å². The molecule has 1 aliphatic heterocycles. The predicted octanol–water partition coefficient (Wildman–Crippen LogP) is 8.33. The standard InChI is InChI=1S/C29H22Cl3F3N2O6S/c1-3-42-23-9-15(8-20(32)26(23)43-14-16-4-6-18(30)12-19(16)31)10-24-27(39)37(28(40)44-24)13-25(38)36-21-11-17(29(33,34)35)5-7-22(21)41-2/h4-12H,3,13-14H2,1-2H3,(H,36,38)/b24-10-. The lowest BCUT2D eigenvalue weighted by atomic mass is 10.1. The quantitative estimate of drug-likeness (QED) is 0.214. The van der Waals surface area contributed by atoms with Gasteiger partial charge in [0, 0.05) is 15.6 Å². The first-order valence-corrected chi connectivity index (χ1v) is 14.6. The van der Waals surface area contributed by atoms with Gasteiger partial charge in [-0.25, -0.2) is 0 Å². The monoisotopic (exact) mass is 688 g/mol. The molecule has 1 fully saturated rings. The number of anilines is 1. The summed E-state index contributed by atoms with van der Waals surface area (Å²) in [5, 5.41) is 2.55. The number of ether oxygens (including phenoxy) is 3. The summed E-state index contributed by atoms with van der Waals surface area (Å²) in [6.07, 6.45) is -3.27. The number of benzene rings is 3. The number of nitrogens with one attached hydrogen (secondary N) is 1. The molecule has 8 nitrogen and oxygen atoms in total. The van der Waals surface area contributed by atoms with Gasteiger partial charge in [0.2, 0.25) is 5.91 Å². The molecule has 0 radical (unpaired) electrons. The Morgan fingerprint density at radius 1 is 1.00 bits per heavy atom. The van der Waals surface area contributed by atoms with Crippen molar-refractivity contribution in [1.82, 2.24) is 4.90 Å². The molecule has 232 valence electrons. The van der Waals surface area contributed by atoms with Gasteiger partial charge in [-0.1, -0.05) is 40.9 Å². The molecule has 0 aromatic heterocycles. The first-order chi connectivity index (χ1) is 20.8. The molecule has 3 aromatic carbocycles. The largest absolute Gasteiger partial charge is 0.495 e. The molecule has 1 saturated heterocycles. The van der Waals surface area contributed by atoms with Crippen LogP contribution in [-0.2, 0) is 22.4 Å². The molecule has 3 aromatic rings. The fourth-order valence-electron chi connectivity index (χ4n) is 3.97. The van der Waals surface area contributed by atoms with E-state index in [1.54, 1.807) is 31.2 Å². The molecule has 1 heterocycles. The van der Waals surface area contributed by atoms with Crippen LogP contribution in [0.1, 0.15) is 23.6 Å². The third kappa shape index (κ3) is 7.92. The second-order valence-electron chi connectivity index (χ2n) is 9.02. The summed E-state index contributed by atoms with van der Waals surface area (Å²) >= 11 is 19.3. The summed E-state index contributed by atoms with van der Waals surface area (Å²) < 4.78 is 56.1. The van der Waals surface area contributed by atoms with Crippen LogP contribution in [0.2, 0.25) is 15.1 Å². The lowest BCUT2D eigenvalue weighted by molar-refractivity contribution is -0.137. The second kappa shape index (κ2) is 14.0. The highest BCUT2D eigenvalue weighted by molar-refractivity contribution is 8.18. The third-order valence-corrected chi connectivity index (χ3v) is 7.77. The third-order valence-electron chi connectivity index (χ3n) is 5.99. The van der Waals surface area contributed by atoms with E-state index >= 15 is 0 Å². The van der Waals surface area contributed by atoms with Crippen molar-refractivity contribution in [2.45, 2.75) is 19.7 Å². The molecule has 3 amide bonds. The van der Waals surface area contributed by atoms with E-state index in [9.17, 15) is 27.6 Å². The highest BCUT2D eigenvalue weighted by atomic mass is 35.5. The van der Waals surface area contributed by atoms with Gasteiger partial charge in [-0.15, -0.1) is 0 Å². The van der Waals surface area contributed by atoms with Gasteiger partial charge in [-0.3, -0.25) is 19.3 Å². The van der Waals surface area contributed by atoms with Gasteiger partial charge in [0.05, 0.1) is 34.9 Å². The summed E-state index contributed by atoms with van der Waals surface area (Å²) in [7, 11) is 1.22. The van der Waals surface area contributed by atoms with Gasteiger partial charge in [-0.2, -0.15) is 13.2 Å². The smallest absolute Gasteiger partial charge is 0.416 e. The first kappa shape index (κ1) is 33.3. The van der Waals surface area contributed by atoms with Crippen molar-refractivity contribution in [2.75, 3.05) is 25.6 Å². The minimum atomic E-state index is -4.66. The second-order valence-corrected chi connectivity index (χ2v) is 11.3. The lowest BCUT2D eigenvalue weighted by Gasteiger charge is -2.16. The van der Waals surface area contributed by atoms with E-state index < -0.39 is 35.3 Å². The van der Waals surface area contributed by atoms with E-state index in [1.807, 2.05) is 0 Å². The predicted molar refractivity (Wildman–Crippen MR) is 163 cm³/mol. The highest BCUT2D eigenvalue weighted by Crippen LogP contribution is 2.40. The zero-order valence-electron chi connectivity index (χ0n) is 22.9. The average molecular weight is 690 g/mol. The number of methoxy groups -OCH3 is 1. The maximum atomic E-state index is 13.2. The molecule has 0 unspecified atom stereocenters. The molecule has 0 aliphatic carbocycles. The van der Waals surface area contributed by atoms with Crippen LogP contribution in [0.5, 0.6) is 17.2 Å². The van der Waals surface area contributed by atoms with Gasteiger partial charge in [0.1, 0.15) is 18.9 Å². The molecule has 15 heteroatoms. The maximum Gasteiger partial charge on any atom is 0.416 e. The van der Waals surface area contributed by atoms with Crippen molar-refractivity contribution < 1.29 is 41.8 Å². The Balaban J connectivity index is 1.50. The highest BCUT2D eigenvalue weighted by Gasteiger charge is 2.37. The number of hydrogen-bond donors (Lipinski definition) is 1. The van der Waals surface area contributed by atoms with E-state index in [1.165, 1.54) is 19.3 Å². The molecule has 1 aliphatic rings. The van der Waals surface area contributed by atoms with E-state index in [0.717, 1.165) is 12.1 Å². The van der Waals surface area contributed by atoms with Gasteiger partial charge < -0.3 is 19.5 Å². The van der Waals surface area contributed by atoms with Crippen molar-refractivity contribution in [1.29, 1.82) is 0 Å². The minimum absolute atomic E-state index is 0.0143. The SMILES string of the molecule is CCOc1cc(/C=C2\SC(=O)N(CC(=O)Nc3cc(C(F)(F)F)ccc3OC)C2=O)cc(Cl)c1OCc1ccc(Cl)cc1Cl. The topological polar surface area (TPSA) is 94.2 Å². The number of hydrogen-bond acceptors (Lipinski definition) is 7. The van der Waals surface area contributed by atoms with Gasteiger partial charge >= 0.3 is 6.18 Å². The Bertz CT molecular complexity index is 1650. The molecule has 0 saturated carbocycles. The lowest BCUT2D eigenvalue weighted by Crippen LogP contribution is -2.36. The zero-order valence-corrected chi connectivity index (χ0v) is 26.0. The number of carbonyl (C=O) groups excluding carboxylic acids is 3. The average Bonchev–Trinajstić information content (AvgIpc) is 3.20. The van der Waals surface area contributed by atoms with Crippen LogP contribution in [0, 0.1) is 0 Å². The normalized spacial score (nSPS) is 14.3. The number of imide groups is 1. The maximum absolute atomic E-state index is 13.2. The van der Waals surface area contributed by atoms with Gasteiger partial charge in [0.25, 0.3) is 11.1 Å². The van der Waals surface area contributed by atoms with Crippen LogP contribution in [0.25, 0.3) is 6.08 Å².